The third-order valence-electron chi connectivity index (χ3n) is 3.01. The van der Waals surface area contributed by atoms with Gasteiger partial charge >= 0.3 is 0 Å². The van der Waals surface area contributed by atoms with Crippen LogP contribution in [0.1, 0.15) is 25.3 Å². The Hall–Kier alpha value is -1.35. The minimum Gasteiger partial charge on any atom is -0.326 e. The van der Waals surface area contributed by atoms with E-state index in [-0.39, 0.29) is 11.8 Å². The fourth-order valence-corrected chi connectivity index (χ4v) is 1.75. The van der Waals surface area contributed by atoms with E-state index in [1.54, 1.807) is 0 Å². The molecule has 17 heavy (non-hydrogen) atoms. The van der Waals surface area contributed by atoms with Gasteiger partial charge in [0.2, 0.25) is 5.91 Å². The zero-order valence-corrected chi connectivity index (χ0v) is 10.3. The van der Waals surface area contributed by atoms with Crippen molar-refractivity contribution in [1.29, 1.82) is 0 Å². The van der Waals surface area contributed by atoms with E-state index in [9.17, 15) is 4.79 Å². The molecule has 1 aromatic rings. The Labute approximate surface area is 103 Å². The third kappa shape index (κ3) is 3.86. The van der Waals surface area contributed by atoms with Crippen LogP contribution < -0.4 is 10.6 Å². The van der Waals surface area contributed by atoms with Crippen molar-refractivity contribution in [1.82, 2.24) is 5.32 Å². The zero-order chi connectivity index (χ0) is 12.1. The van der Waals surface area contributed by atoms with Crippen molar-refractivity contribution in [2.24, 2.45) is 5.92 Å². The summed E-state index contributed by atoms with van der Waals surface area (Å²) in [5.74, 6) is 0.439. The van der Waals surface area contributed by atoms with E-state index < -0.39 is 0 Å². The Balaban J connectivity index is 1.82. The molecule has 2 N–H and O–H groups in total. The van der Waals surface area contributed by atoms with Crippen LogP contribution in [0.4, 0.5) is 5.69 Å². The summed E-state index contributed by atoms with van der Waals surface area (Å²) in [6, 6.07) is 8.14. The number of rotatable bonds is 6. The molecule has 1 aromatic carbocycles. The van der Waals surface area contributed by atoms with E-state index in [4.69, 9.17) is 0 Å². The molecule has 0 radical (unpaired) electrons. The predicted molar refractivity (Wildman–Crippen MR) is 70.0 cm³/mol. The van der Waals surface area contributed by atoms with Gasteiger partial charge < -0.3 is 10.6 Å². The standard InChI is InChI=1S/C14H20N2O/c1-2-15-10-9-11-3-7-13(8-4-11)16-14(17)12-5-6-12/h3-4,7-8,12,15H,2,5-6,9-10H2,1H3,(H,16,17). The predicted octanol–water partition coefficient (Wildman–Crippen LogP) is 2.19. The van der Waals surface area contributed by atoms with Gasteiger partial charge in [-0.1, -0.05) is 19.1 Å². The van der Waals surface area contributed by atoms with Crippen molar-refractivity contribution in [3.63, 3.8) is 0 Å². The second kappa shape index (κ2) is 5.82. The smallest absolute Gasteiger partial charge is 0.227 e. The van der Waals surface area contributed by atoms with Gasteiger partial charge in [0.25, 0.3) is 0 Å². The Morgan fingerprint density at radius 1 is 1.29 bits per heavy atom. The van der Waals surface area contributed by atoms with Gasteiger partial charge in [-0.3, -0.25) is 4.79 Å². The summed E-state index contributed by atoms with van der Waals surface area (Å²) >= 11 is 0. The molecule has 2 rings (SSSR count). The first-order valence-electron chi connectivity index (χ1n) is 6.40. The van der Waals surface area contributed by atoms with E-state index in [0.29, 0.717) is 0 Å². The number of carbonyl (C=O) groups excluding carboxylic acids is 1. The van der Waals surface area contributed by atoms with Gasteiger partial charge in [0.1, 0.15) is 0 Å². The number of nitrogens with one attached hydrogen (secondary N) is 2. The number of carbonyl (C=O) groups is 1. The summed E-state index contributed by atoms with van der Waals surface area (Å²) < 4.78 is 0. The summed E-state index contributed by atoms with van der Waals surface area (Å²) in [6.45, 7) is 4.12. The molecule has 92 valence electrons. The molecule has 1 aliphatic rings. The topological polar surface area (TPSA) is 41.1 Å². The summed E-state index contributed by atoms with van der Waals surface area (Å²) in [5.41, 5.74) is 2.21. The summed E-state index contributed by atoms with van der Waals surface area (Å²) in [7, 11) is 0. The lowest BCUT2D eigenvalue weighted by molar-refractivity contribution is -0.117. The highest BCUT2D eigenvalue weighted by Gasteiger charge is 2.29. The second-order valence-electron chi connectivity index (χ2n) is 4.56. The van der Waals surface area contributed by atoms with Gasteiger partial charge in [-0.05, 0) is 50.0 Å². The average Bonchev–Trinajstić information content (AvgIpc) is 3.16. The molecule has 1 amide bonds. The SMILES string of the molecule is CCNCCc1ccc(NC(=O)C2CC2)cc1. The first-order valence-corrected chi connectivity index (χ1v) is 6.40. The minimum absolute atomic E-state index is 0.172. The molecular weight excluding hydrogens is 212 g/mol. The third-order valence-corrected chi connectivity index (χ3v) is 3.01. The zero-order valence-electron chi connectivity index (χ0n) is 10.3. The molecule has 0 aromatic heterocycles. The number of anilines is 1. The number of benzene rings is 1. The monoisotopic (exact) mass is 232 g/mol. The number of likely N-dealkylation sites (N-methyl/N-ethyl adjacent to an activating group) is 1. The molecule has 1 fully saturated rings. The molecule has 3 heteroatoms. The minimum atomic E-state index is 0.172. The molecule has 0 spiro atoms. The number of hydrogen-bond donors (Lipinski definition) is 2. The largest absolute Gasteiger partial charge is 0.326 e. The second-order valence-corrected chi connectivity index (χ2v) is 4.56. The van der Waals surface area contributed by atoms with Crippen molar-refractivity contribution in [3.05, 3.63) is 29.8 Å². The number of hydrogen-bond acceptors (Lipinski definition) is 2. The van der Waals surface area contributed by atoms with Crippen LogP contribution in [0.15, 0.2) is 24.3 Å². The highest BCUT2D eigenvalue weighted by molar-refractivity contribution is 5.93. The fraction of sp³-hybridized carbons (Fsp3) is 0.500. The van der Waals surface area contributed by atoms with Gasteiger partial charge in [0.15, 0.2) is 0 Å². The van der Waals surface area contributed by atoms with Crippen molar-refractivity contribution in [2.45, 2.75) is 26.2 Å². The highest BCUT2D eigenvalue weighted by Crippen LogP contribution is 2.30. The summed E-state index contributed by atoms with van der Waals surface area (Å²) in [5, 5.41) is 6.24. The van der Waals surface area contributed by atoms with Gasteiger partial charge in [0, 0.05) is 11.6 Å². The van der Waals surface area contributed by atoms with Crippen molar-refractivity contribution < 1.29 is 4.79 Å². The maximum Gasteiger partial charge on any atom is 0.227 e. The lowest BCUT2D eigenvalue weighted by atomic mass is 10.1. The van der Waals surface area contributed by atoms with E-state index in [1.807, 2.05) is 12.1 Å². The molecular formula is C14H20N2O. The average molecular weight is 232 g/mol. The van der Waals surface area contributed by atoms with E-state index >= 15 is 0 Å². The molecule has 1 saturated carbocycles. The van der Waals surface area contributed by atoms with Crippen LogP contribution in [0.3, 0.4) is 0 Å². The van der Waals surface area contributed by atoms with E-state index in [0.717, 1.165) is 38.0 Å². The lowest BCUT2D eigenvalue weighted by Crippen LogP contribution is -2.16. The Morgan fingerprint density at radius 2 is 2.00 bits per heavy atom. The van der Waals surface area contributed by atoms with Crippen LogP contribution in [0, 0.1) is 5.92 Å². The molecule has 0 heterocycles. The van der Waals surface area contributed by atoms with E-state index in [2.05, 4.69) is 29.7 Å². The molecule has 0 saturated heterocycles. The van der Waals surface area contributed by atoms with Crippen molar-refractivity contribution >= 4 is 11.6 Å². The first kappa shape index (κ1) is 12.1. The van der Waals surface area contributed by atoms with Gasteiger partial charge in [-0.25, -0.2) is 0 Å². The fourth-order valence-electron chi connectivity index (χ4n) is 1.75. The molecule has 0 unspecified atom stereocenters. The summed E-state index contributed by atoms with van der Waals surface area (Å²) in [6.07, 6.45) is 3.13. The lowest BCUT2D eigenvalue weighted by Gasteiger charge is -2.06. The van der Waals surface area contributed by atoms with Crippen LogP contribution in [0.5, 0.6) is 0 Å². The van der Waals surface area contributed by atoms with Crippen LogP contribution >= 0.6 is 0 Å². The molecule has 0 atom stereocenters. The Kier molecular flexibility index (Phi) is 4.15. The van der Waals surface area contributed by atoms with Crippen molar-refractivity contribution in [3.8, 4) is 0 Å². The number of amides is 1. The Bertz CT molecular complexity index is 368. The maximum absolute atomic E-state index is 11.5. The van der Waals surface area contributed by atoms with E-state index in [1.165, 1.54) is 5.56 Å². The molecule has 0 bridgehead atoms. The van der Waals surface area contributed by atoms with Crippen LogP contribution in [0.25, 0.3) is 0 Å². The molecule has 3 nitrogen and oxygen atoms in total. The van der Waals surface area contributed by atoms with Crippen LogP contribution in [-0.2, 0) is 11.2 Å². The summed E-state index contributed by atoms with van der Waals surface area (Å²) in [4.78, 5) is 11.5. The van der Waals surface area contributed by atoms with Crippen molar-refractivity contribution in [2.75, 3.05) is 18.4 Å². The molecule has 1 aliphatic carbocycles. The Morgan fingerprint density at radius 3 is 2.59 bits per heavy atom. The van der Waals surface area contributed by atoms with Gasteiger partial charge in [-0.15, -0.1) is 0 Å². The first-order chi connectivity index (χ1) is 8.29. The maximum atomic E-state index is 11.5. The van der Waals surface area contributed by atoms with Crippen LogP contribution in [-0.4, -0.2) is 19.0 Å². The van der Waals surface area contributed by atoms with Crippen LogP contribution in [0.2, 0.25) is 0 Å². The quantitative estimate of drug-likeness (QED) is 0.738. The highest BCUT2D eigenvalue weighted by atomic mass is 16.2. The molecule has 0 aliphatic heterocycles. The van der Waals surface area contributed by atoms with Gasteiger partial charge in [0.05, 0.1) is 0 Å². The van der Waals surface area contributed by atoms with Gasteiger partial charge in [-0.2, -0.15) is 0 Å². The normalized spacial score (nSPS) is 14.6.